The first kappa shape index (κ1) is 18.3. The molecule has 2 aromatic rings. The molecule has 0 spiro atoms. The molecule has 3 N–H and O–H groups in total. The van der Waals surface area contributed by atoms with Crippen molar-refractivity contribution in [2.45, 2.75) is 26.3 Å². The van der Waals surface area contributed by atoms with Gasteiger partial charge in [0.1, 0.15) is 0 Å². The first-order valence-corrected chi connectivity index (χ1v) is 7.12. The van der Waals surface area contributed by atoms with Crippen LogP contribution in [0.5, 0.6) is 0 Å². The Morgan fingerprint density at radius 3 is 2.41 bits per heavy atom. The Bertz CT molecular complexity index is 673. The van der Waals surface area contributed by atoms with Gasteiger partial charge in [-0.25, -0.2) is 0 Å². The number of hydrogen-bond acceptors (Lipinski definition) is 3. The molecule has 0 aliphatic heterocycles. The van der Waals surface area contributed by atoms with Gasteiger partial charge in [-0.15, -0.1) is 17.0 Å². The number of rotatable bonds is 4. The Morgan fingerprint density at radius 2 is 1.77 bits per heavy atom. The number of nitrogens with two attached hydrogens (primary N) is 1. The van der Waals surface area contributed by atoms with Crippen LogP contribution >= 0.6 is 17.0 Å². The van der Waals surface area contributed by atoms with E-state index >= 15 is 0 Å². The van der Waals surface area contributed by atoms with E-state index < -0.39 is 17.9 Å². The van der Waals surface area contributed by atoms with Crippen LogP contribution < -0.4 is 11.1 Å². The molecule has 0 aliphatic rings. The highest BCUT2D eigenvalue weighted by atomic mass is 79.9. The highest BCUT2D eigenvalue weighted by Crippen LogP contribution is 2.15. The maximum absolute atomic E-state index is 12.1. The monoisotopic (exact) mass is 364 g/mol. The molecule has 2 aromatic carbocycles. The number of carbonyl (C=O) groups excluding carboxylic acids is 2. The van der Waals surface area contributed by atoms with E-state index in [2.05, 4.69) is 5.32 Å². The number of nitrogens with one attached hydrogen (secondary N) is 1. The molecular weight excluding hydrogens is 344 g/mol. The van der Waals surface area contributed by atoms with E-state index in [9.17, 15) is 9.59 Å². The van der Waals surface area contributed by atoms with Gasteiger partial charge in [-0.1, -0.05) is 50.6 Å². The van der Waals surface area contributed by atoms with Gasteiger partial charge in [0.15, 0.2) is 0 Å². The summed E-state index contributed by atoms with van der Waals surface area (Å²) >= 11 is 0. The molecule has 2 amide bonds. The molecule has 0 heterocycles. The minimum atomic E-state index is -0.667. The first-order valence-electron chi connectivity index (χ1n) is 7.12. The van der Waals surface area contributed by atoms with Gasteiger partial charge in [0.2, 0.25) is 5.91 Å². The van der Waals surface area contributed by atoms with E-state index in [1.165, 1.54) is 0 Å². The number of halogens is 1. The zero-order chi connectivity index (χ0) is 15.4. The van der Waals surface area contributed by atoms with Crippen molar-refractivity contribution < 1.29 is 9.59 Å². The maximum atomic E-state index is 12.1. The number of amides is 2. The number of imide groups is 1. The number of hydrogen-bond donors (Lipinski definition) is 2. The topological polar surface area (TPSA) is 72.2 Å². The summed E-state index contributed by atoms with van der Waals surface area (Å²) in [5.74, 6) is -0.804. The quantitative estimate of drug-likeness (QED) is 0.875. The average molecular weight is 365 g/mol. The predicted molar refractivity (Wildman–Crippen MR) is 94.2 cm³/mol. The van der Waals surface area contributed by atoms with Crippen molar-refractivity contribution in [3.05, 3.63) is 48.0 Å². The zero-order valence-corrected chi connectivity index (χ0v) is 14.4. The molecule has 22 heavy (non-hydrogen) atoms. The number of benzene rings is 2. The van der Waals surface area contributed by atoms with Crippen molar-refractivity contribution in [2.24, 2.45) is 11.7 Å². The summed E-state index contributed by atoms with van der Waals surface area (Å²) in [4.78, 5) is 24.1. The summed E-state index contributed by atoms with van der Waals surface area (Å²) in [7, 11) is 0. The number of fused-ring (bicyclic) bond motifs is 1. The van der Waals surface area contributed by atoms with Crippen LogP contribution in [0.4, 0.5) is 0 Å². The van der Waals surface area contributed by atoms with Gasteiger partial charge in [-0.3, -0.25) is 14.9 Å². The molecule has 2 atom stereocenters. The van der Waals surface area contributed by atoms with Crippen molar-refractivity contribution in [3.63, 3.8) is 0 Å². The molecule has 0 unspecified atom stereocenters. The summed E-state index contributed by atoms with van der Waals surface area (Å²) < 4.78 is 0. The minimum absolute atomic E-state index is 0. The van der Waals surface area contributed by atoms with Gasteiger partial charge < -0.3 is 5.73 Å². The Hall–Kier alpha value is -1.72. The molecule has 4 nitrogen and oxygen atoms in total. The van der Waals surface area contributed by atoms with Crippen LogP contribution in [0.1, 0.15) is 30.6 Å². The van der Waals surface area contributed by atoms with Crippen LogP contribution in [0.25, 0.3) is 10.8 Å². The maximum Gasteiger partial charge on any atom is 0.257 e. The lowest BCUT2D eigenvalue weighted by Crippen LogP contribution is -2.46. The largest absolute Gasteiger partial charge is 0.320 e. The zero-order valence-electron chi connectivity index (χ0n) is 12.7. The van der Waals surface area contributed by atoms with E-state index in [1.807, 2.05) is 44.2 Å². The summed E-state index contributed by atoms with van der Waals surface area (Å²) in [6.45, 7) is 3.85. The molecule has 0 aliphatic carbocycles. The smallest absolute Gasteiger partial charge is 0.257 e. The van der Waals surface area contributed by atoms with Crippen molar-refractivity contribution in [1.82, 2.24) is 5.32 Å². The highest BCUT2D eigenvalue weighted by molar-refractivity contribution is 8.93. The molecule has 5 heteroatoms. The average Bonchev–Trinajstić information content (AvgIpc) is 2.52. The molecular formula is C17H21BrN2O2. The van der Waals surface area contributed by atoms with Gasteiger partial charge in [-0.2, -0.15) is 0 Å². The molecule has 0 aromatic heterocycles. The van der Waals surface area contributed by atoms with Crippen LogP contribution in [0.15, 0.2) is 42.5 Å². The number of carbonyl (C=O) groups is 2. The molecule has 0 saturated carbocycles. The Labute approximate surface area is 140 Å². The third-order valence-electron chi connectivity index (χ3n) is 3.81. The van der Waals surface area contributed by atoms with E-state index in [0.717, 1.165) is 17.2 Å². The van der Waals surface area contributed by atoms with Crippen LogP contribution in [-0.2, 0) is 4.79 Å². The van der Waals surface area contributed by atoms with E-state index in [-0.39, 0.29) is 22.9 Å². The van der Waals surface area contributed by atoms with Crippen LogP contribution in [-0.4, -0.2) is 17.9 Å². The van der Waals surface area contributed by atoms with Gasteiger partial charge in [-0.05, 0) is 28.8 Å². The lowest BCUT2D eigenvalue weighted by Gasteiger charge is -2.17. The van der Waals surface area contributed by atoms with E-state index in [0.29, 0.717) is 5.56 Å². The standard InChI is InChI=1S/C17H20N2O2.BrH/c1-3-11(2)15(18)17(21)19-16(20)14-9-8-12-6-4-5-7-13(12)10-14;/h4-11,15H,3,18H2,1-2H3,(H,19,20,21);1H/t11-,15-;/m0./s1. The molecule has 118 valence electrons. The second kappa shape index (κ2) is 8.06. The summed E-state index contributed by atoms with van der Waals surface area (Å²) in [6.07, 6.45) is 0.790. The normalized spacial score (nSPS) is 13.0. The lowest BCUT2D eigenvalue weighted by atomic mass is 9.99. The molecule has 0 bridgehead atoms. The van der Waals surface area contributed by atoms with Gasteiger partial charge in [0, 0.05) is 5.56 Å². The third kappa shape index (κ3) is 4.15. The van der Waals surface area contributed by atoms with Crippen molar-refractivity contribution in [2.75, 3.05) is 0 Å². The van der Waals surface area contributed by atoms with Gasteiger partial charge in [0.25, 0.3) is 5.91 Å². The fourth-order valence-corrected chi connectivity index (χ4v) is 2.11. The fourth-order valence-electron chi connectivity index (χ4n) is 2.11. The molecule has 0 saturated heterocycles. The Balaban J connectivity index is 0.00000242. The molecule has 0 fully saturated rings. The van der Waals surface area contributed by atoms with E-state index in [4.69, 9.17) is 5.73 Å². The molecule has 0 radical (unpaired) electrons. The van der Waals surface area contributed by atoms with Gasteiger partial charge >= 0.3 is 0 Å². The van der Waals surface area contributed by atoms with Gasteiger partial charge in [0.05, 0.1) is 6.04 Å². The fraction of sp³-hybridized carbons (Fsp3) is 0.294. The Kier molecular flexibility index (Phi) is 6.71. The lowest BCUT2D eigenvalue weighted by molar-refractivity contribution is -0.122. The summed E-state index contributed by atoms with van der Waals surface area (Å²) in [5.41, 5.74) is 6.28. The predicted octanol–water partition coefficient (Wildman–Crippen LogP) is 3.05. The minimum Gasteiger partial charge on any atom is -0.320 e. The van der Waals surface area contributed by atoms with Crippen LogP contribution in [0.2, 0.25) is 0 Å². The first-order chi connectivity index (χ1) is 10.0. The van der Waals surface area contributed by atoms with E-state index in [1.54, 1.807) is 12.1 Å². The van der Waals surface area contributed by atoms with Crippen molar-refractivity contribution in [3.8, 4) is 0 Å². The summed E-state index contributed by atoms with van der Waals surface area (Å²) in [6, 6.07) is 12.4. The summed E-state index contributed by atoms with van der Waals surface area (Å²) in [5, 5.41) is 4.39. The molecule has 2 rings (SSSR count). The van der Waals surface area contributed by atoms with Crippen molar-refractivity contribution >= 4 is 39.6 Å². The second-order valence-corrected chi connectivity index (χ2v) is 5.29. The highest BCUT2D eigenvalue weighted by Gasteiger charge is 2.21. The van der Waals surface area contributed by atoms with Crippen LogP contribution in [0, 0.1) is 5.92 Å². The SMILES string of the molecule is Br.CC[C@H](C)[C@H](N)C(=O)NC(=O)c1ccc2ccccc2c1. The second-order valence-electron chi connectivity index (χ2n) is 5.29. The van der Waals surface area contributed by atoms with Crippen molar-refractivity contribution in [1.29, 1.82) is 0 Å². The Morgan fingerprint density at radius 1 is 1.14 bits per heavy atom. The third-order valence-corrected chi connectivity index (χ3v) is 3.81. The van der Waals surface area contributed by atoms with Crippen LogP contribution in [0.3, 0.4) is 0 Å².